The van der Waals surface area contributed by atoms with Crippen LogP contribution in [0.5, 0.6) is 0 Å². The molecule has 2 aliphatic rings. The van der Waals surface area contributed by atoms with Crippen LogP contribution in [0.15, 0.2) is 42.7 Å². The number of hydrogen-bond acceptors (Lipinski definition) is 4. The number of primary amides is 1. The van der Waals surface area contributed by atoms with Crippen molar-refractivity contribution < 1.29 is 14.3 Å². The Morgan fingerprint density at radius 2 is 2.04 bits per heavy atom. The van der Waals surface area contributed by atoms with E-state index in [4.69, 9.17) is 10.5 Å². The van der Waals surface area contributed by atoms with Crippen LogP contribution in [0.25, 0.3) is 0 Å². The summed E-state index contributed by atoms with van der Waals surface area (Å²) in [4.78, 5) is 26.6. The first-order valence-corrected chi connectivity index (χ1v) is 9.40. The molecule has 2 fully saturated rings. The minimum absolute atomic E-state index is 0.0161. The minimum atomic E-state index is -0.290. The smallest absolute Gasteiger partial charge is 0.257 e. The summed E-state index contributed by atoms with van der Waals surface area (Å²) in [5.74, 6) is -0.538. The number of benzene rings is 1. The molecule has 4 rings (SSSR count). The maximum Gasteiger partial charge on any atom is 0.257 e. The highest BCUT2D eigenvalue weighted by Gasteiger charge is 2.41. The van der Waals surface area contributed by atoms with Gasteiger partial charge in [0.25, 0.3) is 5.91 Å². The maximum atomic E-state index is 13.1. The molecule has 0 spiro atoms. The van der Waals surface area contributed by atoms with Crippen LogP contribution in [0.3, 0.4) is 0 Å². The summed E-state index contributed by atoms with van der Waals surface area (Å²) in [6.45, 7) is 1.66. The molecule has 2 aromatic rings. The molecule has 1 saturated heterocycles. The molecule has 0 unspecified atom stereocenters. The van der Waals surface area contributed by atoms with Crippen molar-refractivity contribution >= 4 is 11.8 Å². The molecule has 1 aliphatic heterocycles. The molecular formula is C20H24N4O3. The van der Waals surface area contributed by atoms with E-state index >= 15 is 0 Å². The molecule has 1 aliphatic carbocycles. The lowest BCUT2D eigenvalue weighted by Gasteiger charge is -2.45. The fourth-order valence-electron chi connectivity index (χ4n) is 4.12. The third kappa shape index (κ3) is 3.73. The lowest BCUT2D eigenvalue weighted by Crippen LogP contribution is -2.56. The average molecular weight is 368 g/mol. The van der Waals surface area contributed by atoms with Gasteiger partial charge < -0.3 is 15.4 Å². The highest BCUT2D eigenvalue weighted by atomic mass is 16.5. The van der Waals surface area contributed by atoms with Gasteiger partial charge in [-0.3, -0.25) is 14.3 Å². The summed E-state index contributed by atoms with van der Waals surface area (Å²) >= 11 is 0. The van der Waals surface area contributed by atoms with Crippen LogP contribution >= 0.6 is 0 Å². The predicted octanol–water partition coefficient (Wildman–Crippen LogP) is 1.43. The molecule has 2 heterocycles. The van der Waals surface area contributed by atoms with Crippen molar-refractivity contribution in [2.75, 3.05) is 13.2 Å². The highest BCUT2D eigenvalue weighted by molar-refractivity contribution is 5.94. The van der Waals surface area contributed by atoms with Gasteiger partial charge in [0, 0.05) is 18.7 Å². The summed E-state index contributed by atoms with van der Waals surface area (Å²) in [6, 6.07) is 9.90. The molecule has 7 nitrogen and oxygen atoms in total. The molecule has 27 heavy (non-hydrogen) atoms. The Balaban J connectivity index is 1.49. The zero-order valence-corrected chi connectivity index (χ0v) is 15.2. The van der Waals surface area contributed by atoms with Gasteiger partial charge in [-0.1, -0.05) is 30.3 Å². The number of fused-ring (bicyclic) bond motifs is 1. The van der Waals surface area contributed by atoms with E-state index in [2.05, 4.69) is 5.10 Å². The Morgan fingerprint density at radius 1 is 1.22 bits per heavy atom. The summed E-state index contributed by atoms with van der Waals surface area (Å²) in [5.41, 5.74) is 7.19. The summed E-state index contributed by atoms with van der Waals surface area (Å²) in [5, 5.41) is 4.34. The fourth-order valence-corrected chi connectivity index (χ4v) is 4.12. The summed E-state index contributed by atoms with van der Waals surface area (Å²) < 4.78 is 7.62. The van der Waals surface area contributed by atoms with Gasteiger partial charge in [-0.05, 0) is 24.8 Å². The molecule has 0 radical (unpaired) electrons. The van der Waals surface area contributed by atoms with Gasteiger partial charge in [0.15, 0.2) is 0 Å². The number of hydrogen-bond donors (Lipinski definition) is 1. The number of nitrogens with two attached hydrogens (primary N) is 1. The monoisotopic (exact) mass is 368 g/mol. The van der Waals surface area contributed by atoms with Crippen LogP contribution < -0.4 is 5.73 Å². The number of aromatic nitrogens is 2. The van der Waals surface area contributed by atoms with E-state index < -0.39 is 0 Å². The second-order valence-electron chi connectivity index (χ2n) is 7.30. The maximum absolute atomic E-state index is 13.1. The molecule has 1 saturated carbocycles. The van der Waals surface area contributed by atoms with Gasteiger partial charge in [-0.25, -0.2) is 0 Å². The first kappa shape index (κ1) is 17.7. The predicted molar refractivity (Wildman–Crippen MR) is 98.9 cm³/mol. The van der Waals surface area contributed by atoms with Gasteiger partial charge in [0.1, 0.15) is 0 Å². The zero-order chi connectivity index (χ0) is 18.8. The number of amides is 2. The molecule has 142 valence electrons. The fraction of sp³-hybridized carbons (Fsp3) is 0.450. The third-order valence-electron chi connectivity index (χ3n) is 5.55. The third-order valence-corrected chi connectivity index (χ3v) is 5.55. The van der Waals surface area contributed by atoms with Gasteiger partial charge >= 0.3 is 0 Å². The lowest BCUT2D eigenvalue weighted by molar-refractivity contribution is -0.128. The zero-order valence-electron chi connectivity index (χ0n) is 15.2. The van der Waals surface area contributed by atoms with Crippen molar-refractivity contribution in [2.45, 2.75) is 38.0 Å². The first-order valence-electron chi connectivity index (χ1n) is 9.40. The molecule has 2 N–H and O–H groups in total. The number of ether oxygens (including phenoxy) is 1. The molecule has 1 aromatic carbocycles. The quantitative estimate of drug-likeness (QED) is 0.884. The second-order valence-corrected chi connectivity index (χ2v) is 7.30. The average Bonchev–Trinajstić information content (AvgIpc) is 3.15. The first-order chi connectivity index (χ1) is 13.1. The van der Waals surface area contributed by atoms with Crippen molar-refractivity contribution in [3.8, 4) is 0 Å². The highest BCUT2D eigenvalue weighted by Crippen LogP contribution is 2.32. The number of nitrogens with zero attached hydrogens (tertiary/aromatic N) is 3. The molecule has 2 amide bonds. The normalized spacial score (nSPS) is 25.0. The number of morpholine rings is 1. The van der Waals surface area contributed by atoms with E-state index in [0.29, 0.717) is 31.7 Å². The SMILES string of the molecule is NC(=O)[C@H]1CC[C@H]2OCCN(C(=O)c3cnn(Cc4ccccc4)c3)[C@@H]2C1. The standard InChI is InChI=1S/C20H24N4O3/c21-19(25)15-6-7-18-17(10-15)24(8-9-27-18)20(26)16-11-22-23(13-16)12-14-4-2-1-3-5-14/h1-5,11,13,15,17-18H,6-10,12H2,(H2,21,25)/t15-,17+,18+/m0/s1. The Morgan fingerprint density at radius 3 is 2.81 bits per heavy atom. The molecule has 7 heteroatoms. The van der Waals surface area contributed by atoms with Crippen molar-refractivity contribution in [1.82, 2.24) is 14.7 Å². The molecular weight excluding hydrogens is 344 g/mol. The molecule has 3 atom stereocenters. The Hall–Kier alpha value is -2.67. The van der Waals surface area contributed by atoms with Crippen LogP contribution in [-0.2, 0) is 16.1 Å². The summed E-state index contributed by atoms with van der Waals surface area (Å²) in [7, 11) is 0. The van der Waals surface area contributed by atoms with Crippen LogP contribution in [0, 0.1) is 5.92 Å². The second kappa shape index (κ2) is 7.52. The van der Waals surface area contributed by atoms with Crippen LogP contribution in [0.1, 0.15) is 35.2 Å². The molecule has 1 aromatic heterocycles. The van der Waals surface area contributed by atoms with Crippen molar-refractivity contribution in [3.05, 3.63) is 53.9 Å². The van der Waals surface area contributed by atoms with E-state index in [0.717, 1.165) is 18.4 Å². The van der Waals surface area contributed by atoms with Crippen LogP contribution in [-0.4, -0.2) is 51.8 Å². The topological polar surface area (TPSA) is 90.5 Å². The van der Waals surface area contributed by atoms with Gasteiger partial charge in [-0.15, -0.1) is 0 Å². The van der Waals surface area contributed by atoms with Crippen LogP contribution in [0.4, 0.5) is 0 Å². The number of carbonyl (C=O) groups is 2. The number of rotatable bonds is 4. The number of carbonyl (C=O) groups excluding carboxylic acids is 2. The van der Waals surface area contributed by atoms with Gasteiger partial charge in [0.2, 0.25) is 5.91 Å². The van der Waals surface area contributed by atoms with Crippen molar-refractivity contribution in [3.63, 3.8) is 0 Å². The summed E-state index contributed by atoms with van der Waals surface area (Å²) in [6.07, 6.45) is 5.45. The van der Waals surface area contributed by atoms with Gasteiger partial charge in [-0.2, -0.15) is 5.10 Å². The van der Waals surface area contributed by atoms with Gasteiger partial charge in [0.05, 0.1) is 37.1 Å². The van der Waals surface area contributed by atoms with E-state index in [1.807, 2.05) is 35.2 Å². The minimum Gasteiger partial charge on any atom is -0.374 e. The van der Waals surface area contributed by atoms with Crippen molar-refractivity contribution in [1.29, 1.82) is 0 Å². The largest absolute Gasteiger partial charge is 0.374 e. The van der Waals surface area contributed by atoms with E-state index in [-0.39, 0.29) is 29.9 Å². The van der Waals surface area contributed by atoms with Crippen molar-refractivity contribution in [2.24, 2.45) is 11.7 Å². The van der Waals surface area contributed by atoms with E-state index in [9.17, 15) is 9.59 Å². The Bertz CT molecular complexity index is 820. The lowest BCUT2D eigenvalue weighted by atomic mass is 9.81. The van der Waals surface area contributed by atoms with E-state index in [1.54, 1.807) is 17.1 Å². The Kier molecular flexibility index (Phi) is 4.94. The van der Waals surface area contributed by atoms with Crippen LogP contribution in [0.2, 0.25) is 0 Å². The van der Waals surface area contributed by atoms with E-state index in [1.165, 1.54) is 0 Å². The Labute approximate surface area is 158 Å². The molecule has 0 bridgehead atoms.